The van der Waals surface area contributed by atoms with Crippen LogP contribution < -0.4 is 4.74 Å². The van der Waals surface area contributed by atoms with Gasteiger partial charge in [-0.2, -0.15) is 8.78 Å². The van der Waals surface area contributed by atoms with Gasteiger partial charge < -0.3 is 9.47 Å². The van der Waals surface area contributed by atoms with Crippen LogP contribution in [0.1, 0.15) is 90.4 Å². The van der Waals surface area contributed by atoms with Gasteiger partial charge in [0.15, 0.2) is 17.5 Å². The van der Waals surface area contributed by atoms with Crippen LogP contribution >= 0.6 is 0 Å². The predicted octanol–water partition coefficient (Wildman–Crippen LogP) is 8.51. The van der Waals surface area contributed by atoms with Crippen molar-refractivity contribution in [3.63, 3.8) is 0 Å². The van der Waals surface area contributed by atoms with Crippen LogP contribution in [0.2, 0.25) is 0 Å². The summed E-state index contributed by atoms with van der Waals surface area (Å²) in [6.45, 7) is 2.19. The smallest absolute Gasteiger partial charge is 0.358 e. The van der Waals surface area contributed by atoms with Crippen molar-refractivity contribution in [2.75, 3.05) is 0 Å². The number of hydrogen-bond acceptors (Lipinski definition) is 3. The van der Waals surface area contributed by atoms with Crippen LogP contribution in [-0.4, -0.2) is 18.2 Å². The lowest BCUT2D eigenvalue weighted by Gasteiger charge is -2.39. The molecule has 1 unspecified atom stereocenters. The van der Waals surface area contributed by atoms with E-state index >= 15 is 8.78 Å². The summed E-state index contributed by atoms with van der Waals surface area (Å²) >= 11 is 0. The first kappa shape index (κ1) is 28.1. The zero-order valence-corrected chi connectivity index (χ0v) is 21.4. The van der Waals surface area contributed by atoms with E-state index < -0.39 is 53.2 Å². The van der Waals surface area contributed by atoms with E-state index in [-0.39, 0.29) is 25.7 Å². The molecule has 0 bridgehead atoms. The summed E-state index contributed by atoms with van der Waals surface area (Å²) < 4.78 is 80.1. The molecule has 0 amide bonds. The Morgan fingerprint density at radius 3 is 2.14 bits per heavy atom. The highest BCUT2D eigenvalue weighted by Gasteiger charge is 2.46. The molecule has 8 heteroatoms. The van der Waals surface area contributed by atoms with E-state index in [1.54, 1.807) is 5.57 Å². The summed E-state index contributed by atoms with van der Waals surface area (Å²) in [6.07, 6.45) is 7.89. The van der Waals surface area contributed by atoms with Gasteiger partial charge in [0, 0.05) is 12.1 Å². The molecule has 37 heavy (non-hydrogen) atoms. The maximum atomic E-state index is 15.0. The average molecular weight is 529 g/mol. The third kappa shape index (κ3) is 7.12. The van der Waals surface area contributed by atoms with E-state index in [9.17, 15) is 18.0 Å². The fourth-order valence-electron chi connectivity index (χ4n) is 6.34. The lowest BCUT2D eigenvalue weighted by molar-refractivity contribution is -0.302. The van der Waals surface area contributed by atoms with Gasteiger partial charge in [-0.1, -0.05) is 25.0 Å². The van der Waals surface area contributed by atoms with Crippen molar-refractivity contribution in [2.45, 2.75) is 103 Å². The highest BCUT2D eigenvalue weighted by atomic mass is 19.3. The Balaban J connectivity index is 1.20. The van der Waals surface area contributed by atoms with Crippen molar-refractivity contribution in [3.8, 4) is 5.75 Å². The zero-order chi connectivity index (χ0) is 26.6. The molecule has 4 rings (SSSR count). The molecule has 3 aliphatic carbocycles. The molecule has 2 saturated carbocycles. The summed E-state index contributed by atoms with van der Waals surface area (Å²) in [5.74, 6) is -5.95. The second-order valence-corrected chi connectivity index (χ2v) is 11.0. The van der Waals surface area contributed by atoms with E-state index in [0.717, 1.165) is 25.7 Å². The summed E-state index contributed by atoms with van der Waals surface area (Å²) in [5.41, 5.74) is 1.55. The molecule has 0 aromatic heterocycles. The van der Waals surface area contributed by atoms with Gasteiger partial charge in [0.25, 0.3) is 0 Å². The highest BCUT2D eigenvalue weighted by Crippen LogP contribution is 2.46. The Morgan fingerprint density at radius 1 is 0.919 bits per heavy atom. The summed E-state index contributed by atoms with van der Waals surface area (Å²) in [7, 11) is 0. The number of halogens is 5. The normalized spacial score (nSPS) is 29.0. The second-order valence-electron chi connectivity index (χ2n) is 11.0. The van der Waals surface area contributed by atoms with E-state index in [2.05, 4.69) is 13.0 Å². The number of esters is 1. The van der Waals surface area contributed by atoms with Gasteiger partial charge in [-0.05, 0) is 88.9 Å². The van der Waals surface area contributed by atoms with Gasteiger partial charge in [0.1, 0.15) is 5.75 Å². The Hall–Kier alpha value is -1.96. The first-order valence-corrected chi connectivity index (χ1v) is 13.8. The SMILES string of the molecule is CCCC1=CCC(C2CCC(C(F)(F)OC3CCC(C(=O)Oc4cc(F)c(F)c(F)c4)CC3)CC2)CC1. The van der Waals surface area contributed by atoms with Crippen molar-refractivity contribution in [1.82, 2.24) is 0 Å². The average Bonchev–Trinajstić information content (AvgIpc) is 2.88. The first-order valence-electron chi connectivity index (χ1n) is 13.8. The predicted molar refractivity (Wildman–Crippen MR) is 130 cm³/mol. The van der Waals surface area contributed by atoms with Gasteiger partial charge >= 0.3 is 12.1 Å². The van der Waals surface area contributed by atoms with Gasteiger partial charge in [-0.15, -0.1) is 0 Å². The number of carbonyl (C=O) groups excluding carboxylic acids is 1. The van der Waals surface area contributed by atoms with Crippen molar-refractivity contribution in [3.05, 3.63) is 41.2 Å². The van der Waals surface area contributed by atoms with Crippen molar-refractivity contribution in [1.29, 1.82) is 0 Å². The minimum absolute atomic E-state index is 0.269. The number of allylic oxidation sites excluding steroid dienone is 2. The molecular weight excluding hydrogens is 491 g/mol. The molecule has 0 radical (unpaired) electrons. The molecular formula is C29H37F5O3. The lowest BCUT2D eigenvalue weighted by atomic mass is 9.71. The third-order valence-electron chi connectivity index (χ3n) is 8.54. The van der Waals surface area contributed by atoms with Gasteiger partial charge in [-0.3, -0.25) is 4.79 Å². The van der Waals surface area contributed by atoms with Crippen molar-refractivity contribution < 1.29 is 36.2 Å². The van der Waals surface area contributed by atoms with Crippen LogP contribution in [0.15, 0.2) is 23.8 Å². The van der Waals surface area contributed by atoms with Crippen LogP contribution in [0.4, 0.5) is 22.0 Å². The van der Waals surface area contributed by atoms with Crippen molar-refractivity contribution in [2.24, 2.45) is 23.7 Å². The molecule has 206 valence electrons. The summed E-state index contributed by atoms with van der Waals surface area (Å²) in [6, 6.07) is 1.21. The maximum Gasteiger partial charge on any atom is 0.358 e. The Kier molecular flexibility index (Phi) is 9.30. The molecule has 0 spiro atoms. The largest absolute Gasteiger partial charge is 0.426 e. The molecule has 0 aliphatic heterocycles. The van der Waals surface area contributed by atoms with E-state index in [1.165, 1.54) is 19.3 Å². The number of rotatable bonds is 8. The molecule has 0 N–H and O–H groups in total. The molecule has 0 saturated heterocycles. The number of ether oxygens (including phenoxy) is 2. The number of benzene rings is 1. The molecule has 0 heterocycles. The summed E-state index contributed by atoms with van der Waals surface area (Å²) in [5, 5.41) is 0. The standard InChI is InChI=1S/C29H37F5O3/c1-2-3-18-4-6-19(7-5-18)20-8-12-22(13-9-20)29(33,34)37-23-14-10-21(11-15-23)28(35)36-24-16-25(30)27(32)26(31)17-24/h4,16-17,19-23H,2-3,5-15H2,1H3. The van der Waals surface area contributed by atoms with Crippen molar-refractivity contribution >= 4 is 5.97 Å². The number of carbonyl (C=O) groups is 1. The molecule has 3 aliphatic rings. The monoisotopic (exact) mass is 528 g/mol. The minimum Gasteiger partial charge on any atom is -0.426 e. The molecule has 1 aromatic rings. The fourth-order valence-corrected chi connectivity index (χ4v) is 6.34. The van der Waals surface area contributed by atoms with Crippen LogP contribution in [-0.2, 0) is 9.53 Å². The Bertz CT molecular complexity index is 939. The third-order valence-corrected chi connectivity index (χ3v) is 8.54. The quantitative estimate of drug-likeness (QED) is 0.112. The Morgan fingerprint density at radius 2 is 1.57 bits per heavy atom. The zero-order valence-electron chi connectivity index (χ0n) is 21.4. The van der Waals surface area contributed by atoms with E-state index in [1.807, 2.05) is 0 Å². The van der Waals surface area contributed by atoms with Gasteiger partial charge in [0.05, 0.1) is 17.9 Å². The molecule has 2 fully saturated rings. The number of hydrogen-bond donors (Lipinski definition) is 0. The topological polar surface area (TPSA) is 35.5 Å². The van der Waals surface area contributed by atoms with E-state index in [0.29, 0.717) is 36.8 Å². The molecule has 1 aromatic carbocycles. The maximum absolute atomic E-state index is 15.0. The van der Waals surface area contributed by atoms with Crippen LogP contribution in [0, 0.1) is 41.1 Å². The Labute approximate surface area is 215 Å². The van der Waals surface area contributed by atoms with Crippen LogP contribution in [0.25, 0.3) is 0 Å². The highest BCUT2D eigenvalue weighted by molar-refractivity contribution is 5.75. The number of alkyl halides is 2. The minimum atomic E-state index is -3.20. The fraction of sp³-hybridized carbons (Fsp3) is 0.690. The lowest BCUT2D eigenvalue weighted by Crippen LogP contribution is -2.40. The second kappa shape index (κ2) is 12.3. The van der Waals surface area contributed by atoms with Gasteiger partial charge in [-0.25, -0.2) is 13.2 Å². The summed E-state index contributed by atoms with van der Waals surface area (Å²) in [4.78, 5) is 12.4. The van der Waals surface area contributed by atoms with Crippen LogP contribution in [0.5, 0.6) is 5.75 Å². The van der Waals surface area contributed by atoms with Gasteiger partial charge in [0.2, 0.25) is 0 Å². The van der Waals surface area contributed by atoms with E-state index in [4.69, 9.17) is 9.47 Å². The first-order chi connectivity index (χ1) is 17.7. The molecule has 1 atom stereocenters. The molecule has 3 nitrogen and oxygen atoms in total. The van der Waals surface area contributed by atoms with Crippen LogP contribution in [0.3, 0.4) is 0 Å².